The van der Waals surface area contributed by atoms with Crippen LogP contribution in [0.3, 0.4) is 0 Å². The number of anilines is 1. The Hall–Kier alpha value is -1.96. The van der Waals surface area contributed by atoms with Crippen molar-refractivity contribution < 1.29 is 19.2 Å². The van der Waals surface area contributed by atoms with Crippen molar-refractivity contribution in [2.45, 2.75) is 42.8 Å². The van der Waals surface area contributed by atoms with Crippen LogP contribution < -0.4 is 5.32 Å². The molecule has 2 atom stereocenters. The molecule has 27 heavy (non-hydrogen) atoms. The molecule has 1 aromatic rings. The lowest BCUT2D eigenvalue weighted by molar-refractivity contribution is -0.383. The highest BCUT2D eigenvalue weighted by Gasteiger charge is 2.60. The van der Waals surface area contributed by atoms with Gasteiger partial charge >= 0.3 is 5.97 Å². The Morgan fingerprint density at radius 1 is 1.22 bits per heavy atom. The van der Waals surface area contributed by atoms with Crippen LogP contribution in [0, 0.1) is 27.4 Å². The summed E-state index contributed by atoms with van der Waals surface area (Å²) in [4.78, 5) is 35.5. The van der Waals surface area contributed by atoms with Crippen molar-refractivity contribution in [1.29, 1.82) is 0 Å². The first-order chi connectivity index (χ1) is 12.8. The molecule has 0 radical (unpaired) electrons. The fourth-order valence-corrected chi connectivity index (χ4v) is 7.05. The van der Waals surface area contributed by atoms with Crippen LogP contribution in [0.1, 0.15) is 38.5 Å². The Bertz CT molecular complexity index is 797. The quantitative estimate of drug-likeness (QED) is 0.327. The van der Waals surface area contributed by atoms with Gasteiger partial charge in [-0.2, -0.15) is 0 Å². The van der Waals surface area contributed by atoms with Crippen molar-refractivity contribution in [3.63, 3.8) is 0 Å². The monoisotopic (exact) mass is 436 g/mol. The molecule has 4 fully saturated rings. The van der Waals surface area contributed by atoms with Gasteiger partial charge in [-0.25, -0.2) is 0 Å². The average molecular weight is 437 g/mol. The molecule has 4 aliphatic rings. The first kappa shape index (κ1) is 18.4. The van der Waals surface area contributed by atoms with E-state index >= 15 is 0 Å². The van der Waals surface area contributed by atoms with E-state index in [1.54, 1.807) is 6.07 Å². The Balaban J connectivity index is 1.39. The van der Waals surface area contributed by atoms with Gasteiger partial charge in [0.25, 0.3) is 11.6 Å². The number of rotatable bonds is 5. The molecule has 0 aliphatic heterocycles. The lowest BCUT2D eigenvalue weighted by Crippen LogP contribution is -2.56. The van der Waals surface area contributed by atoms with Crippen molar-refractivity contribution in [1.82, 2.24) is 0 Å². The summed E-state index contributed by atoms with van der Waals surface area (Å²) >= 11 is 3.86. The molecule has 4 aliphatic carbocycles. The van der Waals surface area contributed by atoms with Gasteiger partial charge in [-0.15, -0.1) is 0 Å². The molecule has 144 valence electrons. The summed E-state index contributed by atoms with van der Waals surface area (Å²) in [5.41, 5.74) is -0.593. The number of nitrogens with zero attached hydrogens (tertiary/aromatic N) is 1. The zero-order chi connectivity index (χ0) is 19.2. The number of hydrogen-bond acceptors (Lipinski definition) is 5. The summed E-state index contributed by atoms with van der Waals surface area (Å²) in [6, 6.07) is 5.88. The third-order valence-electron chi connectivity index (χ3n) is 6.13. The molecule has 0 unspecified atom stereocenters. The predicted molar refractivity (Wildman–Crippen MR) is 101 cm³/mol. The Kier molecular flexibility index (Phi) is 4.49. The second-order valence-electron chi connectivity index (χ2n) is 8.29. The molecule has 1 amide bonds. The summed E-state index contributed by atoms with van der Waals surface area (Å²) in [7, 11) is 0. The topological polar surface area (TPSA) is 98.5 Å². The van der Waals surface area contributed by atoms with Crippen LogP contribution in [0.2, 0.25) is 0 Å². The highest BCUT2D eigenvalue weighted by molar-refractivity contribution is 9.10. The molecule has 4 bridgehead atoms. The van der Waals surface area contributed by atoms with E-state index in [0.29, 0.717) is 11.8 Å². The van der Waals surface area contributed by atoms with E-state index in [1.807, 2.05) is 0 Å². The third kappa shape index (κ3) is 3.47. The van der Waals surface area contributed by atoms with Gasteiger partial charge in [-0.05, 0) is 56.4 Å². The number of amides is 1. The van der Waals surface area contributed by atoms with E-state index in [1.165, 1.54) is 24.6 Å². The summed E-state index contributed by atoms with van der Waals surface area (Å²) in [5, 5.41) is 13.5. The number of ether oxygens (including phenoxy) is 1. The summed E-state index contributed by atoms with van der Waals surface area (Å²) in [6.07, 6.45) is 5.83. The number of para-hydroxylation sites is 2. The molecule has 4 saturated carbocycles. The summed E-state index contributed by atoms with van der Waals surface area (Å²) in [6.45, 7) is -0.433. The van der Waals surface area contributed by atoms with E-state index in [4.69, 9.17) is 4.74 Å². The van der Waals surface area contributed by atoms with Crippen LogP contribution in [-0.4, -0.2) is 27.7 Å². The first-order valence-corrected chi connectivity index (χ1v) is 9.97. The van der Waals surface area contributed by atoms with Crippen molar-refractivity contribution in [3.8, 4) is 0 Å². The SMILES string of the molecule is O=C(COC(=O)C12C[C@H]3C[C@@H](CC(Br)(C3)C1)C2)Nc1ccccc1[N+](=O)[O-]. The third-order valence-corrected chi connectivity index (χ3v) is 7.06. The van der Waals surface area contributed by atoms with E-state index < -0.39 is 22.9 Å². The highest BCUT2D eigenvalue weighted by Crippen LogP contribution is 2.64. The molecule has 5 rings (SSSR count). The van der Waals surface area contributed by atoms with Crippen LogP contribution in [0.15, 0.2) is 24.3 Å². The maximum absolute atomic E-state index is 12.8. The van der Waals surface area contributed by atoms with Crippen LogP contribution in [0.4, 0.5) is 11.4 Å². The van der Waals surface area contributed by atoms with Gasteiger partial charge < -0.3 is 10.1 Å². The molecular formula is C19H21BrN2O5. The van der Waals surface area contributed by atoms with Gasteiger partial charge in [0.05, 0.1) is 10.3 Å². The van der Waals surface area contributed by atoms with Crippen molar-refractivity contribution in [3.05, 3.63) is 34.4 Å². The van der Waals surface area contributed by atoms with Crippen LogP contribution in [0.25, 0.3) is 0 Å². The number of nitro groups is 1. The molecule has 1 N–H and O–H groups in total. The van der Waals surface area contributed by atoms with E-state index in [0.717, 1.165) is 32.1 Å². The Morgan fingerprint density at radius 2 is 1.89 bits per heavy atom. The molecule has 7 nitrogen and oxygen atoms in total. The average Bonchev–Trinajstić information content (AvgIpc) is 2.57. The maximum atomic E-state index is 12.8. The van der Waals surface area contributed by atoms with E-state index in [2.05, 4.69) is 21.2 Å². The minimum atomic E-state index is -0.573. The highest BCUT2D eigenvalue weighted by atomic mass is 79.9. The van der Waals surface area contributed by atoms with Crippen LogP contribution in [-0.2, 0) is 14.3 Å². The molecule has 1 aromatic carbocycles. The molecule has 0 aromatic heterocycles. The zero-order valence-electron chi connectivity index (χ0n) is 14.8. The Labute approximate surface area is 165 Å². The van der Waals surface area contributed by atoms with Gasteiger partial charge in [-0.3, -0.25) is 19.7 Å². The standard InChI is InChI=1S/C19H21BrN2O5/c20-19-8-12-5-13(9-19)7-18(6-12,11-19)17(24)27-10-16(23)21-14-3-1-2-4-15(14)22(25)26/h1-4,12-13H,5-11H2,(H,21,23)/t12-,13-,18?,19?/m1/s1. The normalized spacial score (nSPS) is 33.5. The lowest BCUT2D eigenvalue weighted by Gasteiger charge is -2.58. The van der Waals surface area contributed by atoms with Gasteiger partial charge in [-0.1, -0.05) is 28.1 Å². The molecular weight excluding hydrogens is 416 g/mol. The lowest BCUT2D eigenvalue weighted by atomic mass is 9.49. The van der Waals surface area contributed by atoms with Crippen LogP contribution in [0.5, 0.6) is 0 Å². The number of alkyl halides is 1. The van der Waals surface area contributed by atoms with Gasteiger partial charge in [0.2, 0.25) is 0 Å². The van der Waals surface area contributed by atoms with Gasteiger partial charge in [0.15, 0.2) is 6.61 Å². The summed E-state index contributed by atoms with van der Waals surface area (Å²) in [5.74, 6) is 0.201. The number of nitrogens with one attached hydrogen (secondary N) is 1. The number of hydrogen-bond donors (Lipinski definition) is 1. The summed E-state index contributed by atoms with van der Waals surface area (Å²) < 4.78 is 5.40. The zero-order valence-corrected chi connectivity index (χ0v) is 16.4. The minimum absolute atomic E-state index is 0.0308. The minimum Gasteiger partial charge on any atom is -0.455 e. The number of esters is 1. The predicted octanol–water partition coefficient (Wildman–Crippen LogP) is 3.81. The van der Waals surface area contributed by atoms with E-state index in [9.17, 15) is 19.7 Å². The van der Waals surface area contributed by atoms with Crippen molar-refractivity contribution in [2.24, 2.45) is 17.3 Å². The second kappa shape index (κ2) is 6.58. The molecule has 8 heteroatoms. The second-order valence-corrected chi connectivity index (χ2v) is 9.97. The number of benzene rings is 1. The largest absolute Gasteiger partial charge is 0.455 e. The van der Waals surface area contributed by atoms with Gasteiger partial charge in [0.1, 0.15) is 5.69 Å². The maximum Gasteiger partial charge on any atom is 0.312 e. The Morgan fingerprint density at radius 3 is 2.52 bits per heavy atom. The van der Waals surface area contributed by atoms with E-state index in [-0.39, 0.29) is 21.7 Å². The fourth-order valence-electron chi connectivity index (χ4n) is 5.60. The fraction of sp³-hybridized carbons (Fsp3) is 0.579. The number of halogens is 1. The first-order valence-electron chi connectivity index (χ1n) is 9.18. The number of carbonyl (C=O) groups is 2. The number of nitro benzene ring substituents is 1. The van der Waals surface area contributed by atoms with Crippen molar-refractivity contribution in [2.75, 3.05) is 11.9 Å². The number of carbonyl (C=O) groups excluding carboxylic acids is 2. The molecule has 0 heterocycles. The van der Waals surface area contributed by atoms with Gasteiger partial charge in [0, 0.05) is 10.4 Å². The molecule has 0 spiro atoms. The molecule has 0 saturated heterocycles. The van der Waals surface area contributed by atoms with Crippen molar-refractivity contribution >= 4 is 39.2 Å². The smallest absolute Gasteiger partial charge is 0.312 e. The van der Waals surface area contributed by atoms with Crippen LogP contribution >= 0.6 is 15.9 Å².